The molecule has 0 radical (unpaired) electrons. The number of benzene rings is 1. The van der Waals surface area contributed by atoms with Crippen molar-refractivity contribution in [1.29, 1.82) is 0 Å². The predicted molar refractivity (Wildman–Crippen MR) is 101 cm³/mol. The van der Waals surface area contributed by atoms with Crippen molar-refractivity contribution in [3.8, 4) is 10.7 Å². The van der Waals surface area contributed by atoms with Crippen LogP contribution in [0, 0.1) is 12.8 Å². The van der Waals surface area contributed by atoms with Crippen molar-refractivity contribution in [3.05, 3.63) is 64.8 Å². The smallest absolute Gasteiger partial charge is 0.227 e. The standard InChI is InChI=1S/C20H19N3OS/c1-13-5-8-15(9-6-13)22-19(24)14-7-10-16-18(12-14)25-20(23-16)17-4-2-3-11-21-17/h2-6,8-9,11,14H,7,10,12H2,1H3,(H,22,24). The summed E-state index contributed by atoms with van der Waals surface area (Å²) in [6.45, 7) is 2.04. The van der Waals surface area contributed by atoms with Gasteiger partial charge in [0, 0.05) is 22.7 Å². The van der Waals surface area contributed by atoms with Gasteiger partial charge in [0.2, 0.25) is 5.91 Å². The number of thiazole rings is 1. The van der Waals surface area contributed by atoms with Gasteiger partial charge in [-0.3, -0.25) is 9.78 Å². The maximum atomic E-state index is 12.6. The fourth-order valence-electron chi connectivity index (χ4n) is 3.08. The molecule has 0 saturated heterocycles. The van der Waals surface area contributed by atoms with Crippen molar-refractivity contribution < 1.29 is 4.79 Å². The molecule has 4 nitrogen and oxygen atoms in total. The second-order valence-electron chi connectivity index (χ2n) is 6.40. The van der Waals surface area contributed by atoms with Crippen LogP contribution in [-0.4, -0.2) is 15.9 Å². The van der Waals surface area contributed by atoms with Crippen LogP contribution in [0.1, 0.15) is 22.6 Å². The quantitative estimate of drug-likeness (QED) is 0.769. The number of carbonyl (C=O) groups is 1. The van der Waals surface area contributed by atoms with Crippen molar-refractivity contribution in [2.45, 2.75) is 26.2 Å². The van der Waals surface area contributed by atoms with Gasteiger partial charge in [-0.15, -0.1) is 11.3 Å². The second-order valence-corrected chi connectivity index (χ2v) is 7.48. The monoisotopic (exact) mass is 349 g/mol. The molecule has 2 aromatic heterocycles. The molecule has 1 aromatic carbocycles. The summed E-state index contributed by atoms with van der Waals surface area (Å²) in [7, 11) is 0. The lowest BCUT2D eigenvalue weighted by Crippen LogP contribution is -2.27. The number of nitrogens with one attached hydrogen (secondary N) is 1. The Labute approximate surface area is 151 Å². The van der Waals surface area contributed by atoms with Gasteiger partial charge in [0.15, 0.2) is 0 Å². The first-order chi connectivity index (χ1) is 12.2. The predicted octanol–water partition coefficient (Wildman–Crippen LogP) is 4.26. The molecule has 0 spiro atoms. The van der Waals surface area contributed by atoms with Crippen LogP contribution in [0.25, 0.3) is 10.7 Å². The maximum Gasteiger partial charge on any atom is 0.227 e. The van der Waals surface area contributed by atoms with E-state index in [1.165, 1.54) is 10.4 Å². The van der Waals surface area contributed by atoms with E-state index in [1.807, 2.05) is 49.4 Å². The molecule has 4 rings (SSSR count). The van der Waals surface area contributed by atoms with E-state index in [0.29, 0.717) is 0 Å². The van der Waals surface area contributed by atoms with Crippen LogP contribution in [0.15, 0.2) is 48.7 Å². The van der Waals surface area contributed by atoms with Gasteiger partial charge in [-0.1, -0.05) is 23.8 Å². The molecule has 5 heteroatoms. The van der Waals surface area contributed by atoms with Crippen molar-refractivity contribution in [3.63, 3.8) is 0 Å². The van der Waals surface area contributed by atoms with Gasteiger partial charge in [-0.25, -0.2) is 4.98 Å². The Morgan fingerprint density at radius 3 is 2.80 bits per heavy atom. The van der Waals surface area contributed by atoms with Gasteiger partial charge >= 0.3 is 0 Å². The number of amides is 1. The normalized spacial score (nSPS) is 16.3. The zero-order valence-corrected chi connectivity index (χ0v) is 14.8. The zero-order valence-electron chi connectivity index (χ0n) is 14.0. The highest BCUT2D eigenvalue weighted by atomic mass is 32.1. The Morgan fingerprint density at radius 2 is 2.04 bits per heavy atom. The minimum Gasteiger partial charge on any atom is -0.326 e. The molecule has 1 N–H and O–H groups in total. The molecule has 25 heavy (non-hydrogen) atoms. The van der Waals surface area contributed by atoms with Crippen LogP contribution < -0.4 is 5.32 Å². The molecule has 3 aromatic rings. The summed E-state index contributed by atoms with van der Waals surface area (Å²) in [4.78, 5) is 22.9. The van der Waals surface area contributed by atoms with Gasteiger partial charge in [-0.2, -0.15) is 0 Å². The molecule has 1 atom stereocenters. The van der Waals surface area contributed by atoms with Crippen LogP contribution in [0.4, 0.5) is 5.69 Å². The lowest BCUT2D eigenvalue weighted by Gasteiger charge is -2.20. The van der Waals surface area contributed by atoms with Gasteiger partial charge < -0.3 is 5.32 Å². The Bertz CT molecular complexity index is 887. The van der Waals surface area contributed by atoms with E-state index in [1.54, 1.807) is 17.5 Å². The van der Waals surface area contributed by atoms with Crippen LogP contribution in [0.2, 0.25) is 0 Å². The lowest BCUT2D eigenvalue weighted by atomic mass is 9.90. The van der Waals surface area contributed by atoms with Gasteiger partial charge in [-0.05, 0) is 50.5 Å². The number of anilines is 1. The first kappa shape index (κ1) is 16.0. The summed E-state index contributed by atoms with van der Waals surface area (Å²) >= 11 is 1.66. The van der Waals surface area contributed by atoms with E-state index in [-0.39, 0.29) is 11.8 Å². The maximum absolute atomic E-state index is 12.6. The van der Waals surface area contributed by atoms with Crippen LogP contribution in [0.3, 0.4) is 0 Å². The highest BCUT2D eigenvalue weighted by Crippen LogP contribution is 2.34. The Balaban J connectivity index is 1.48. The van der Waals surface area contributed by atoms with E-state index in [9.17, 15) is 4.79 Å². The molecule has 126 valence electrons. The number of carbonyl (C=O) groups excluding carboxylic acids is 1. The summed E-state index contributed by atoms with van der Waals surface area (Å²) in [6.07, 6.45) is 4.24. The Morgan fingerprint density at radius 1 is 1.20 bits per heavy atom. The summed E-state index contributed by atoms with van der Waals surface area (Å²) in [5, 5.41) is 3.99. The number of hydrogen-bond donors (Lipinski definition) is 1. The fraction of sp³-hybridized carbons (Fsp3) is 0.250. The summed E-state index contributed by atoms with van der Waals surface area (Å²) in [5.41, 5.74) is 4.08. The van der Waals surface area contributed by atoms with Crippen molar-refractivity contribution in [2.24, 2.45) is 5.92 Å². The molecule has 0 saturated carbocycles. The molecule has 1 aliphatic rings. The fourth-order valence-corrected chi connectivity index (χ4v) is 4.24. The van der Waals surface area contributed by atoms with E-state index in [4.69, 9.17) is 4.98 Å². The van der Waals surface area contributed by atoms with Gasteiger partial charge in [0.05, 0.1) is 11.4 Å². The Kier molecular flexibility index (Phi) is 4.32. The van der Waals surface area contributed by atoms with Crippen molar-refractivity contribution in [2.75, 3.05) is 5.32 Å². The molecule has 0 fully saturated rings. The highest BCUT2D eigenvalue weighted by Gasteiger charge is 2.28. The van der Waals surface area contributed by atoms with Gasteiger partial charge in [0.25, 0.3) is 0 Å². The Hall–Kier alpha value is -2.53. The van der Waals surface area contributed by atoms with Crippen molar-refractivity contribution >= 4 is 22.9 Å². The van der Waals surface area contributed by atoms with Crippen LogP contribution in [0.5, 0.6) is 0 Å². The van der Waals surface area contributed by atoms with Crippen LogP contribution >= 0.6 is 11.3 Å². The molecular weight excluding hydrogens is 330 g/mol. The first-order valence-corrected chi connectivity index (χ1v) is 9.28. The average Bonchev–Trinajstić information content (AvgIpc) is 3.07. The third-order valence-electron chi connectivity index (χ3n) is 4.51. The van der Waals surface area contributed by atoms with E-state index in [0.717, 1.165) is 41.3 Å². The molecule has 0 bridgehead atoms. The summed E-state index contributed by atoms with van der Waals surface area (Å²) in [6, 6.07) is 13.8. The van der Waals surface area contributed by atoms with Crippen LogP contribution in [-0.2, 0) is 17.6 Å². The number of nitrogens with zero attached hydrogens (tertiary/aromatic N) is 2. The minimum absolute atomic E-state index is 0.00540. The van der Waals surface area contributed by atoms with E-state index >= 15 is 0 Å². The van der Waals surface area contributed by atoms with E-state index in [2.05, 4.69) is 10.3 Å². The number of aryl methyl sites for hydroxylation is 2. The number of pyridine rings is 1. The highest BCUT2D eigenvalue weighted by molar-refractivity contribution is 7.15. The molecule has 1 aliphatic carbocycles. The van der Waals surface area contributed by atoms with E-state index < -0.39 is 0 Å². The SMILES string of the molecule is Cc1ccc(NC(=O)C2CCc3nc(-c4ccccn4)sc3C2)cc1. The second kappa shape index (κ2) is 6.76. The largest absolute Gasteiger partial charge is 0.326 e. The first-order valence-electron chi connectivity index (χ1n) is 8.46. The minimum atomic E-state index is 0.00540. The number of hydrogen-bond acceptors (Lipinski definition) is 4. The number of aromatic nitrogens is 2. The van der Waals surface area contributed by atoms with Gasteiger partial charge in [0.1, 0.15) is 5.01 Å². The zero-order chi connectivity index (χ0) is 17.2. The lowest BCUT2D eigenvalue weighted by molar-refractivity contribution is -0.120. The molecule has 1 unspecified atom stereocenters. The third kappa shape index (κ3) is 3.46. The molecule has 2 heterocycles. The average molecular weight is 349 g/mol. The van der Waals surface area contributed by atoms with Crippen molar-refractivity contribution in [1.82, 2.24) is 9.97 Å². The molecule has 1 amide bonds. The molecular formula is C20H19N3OS. The summed E-state index contributed by atoms with van der Waals surface area (Å²) < 4.78 is 0. The topological polar surface area (TPSA) is 54.9 Å². The third-order valence-corrected chi connectivity index (χ3v) is 5.66. The number of rotatable bonds is 3. The number of fused-ring (bicyclic) bond motifs is 1. The molecule has 0 aliphatic heterocycles. The summed E-state index contributed by atoms with van der Waals surface area (Å²) in [5.74, 6) is 0.105.